The molecule has 1 aromatic carbocycles. The van der Waals surface area contributed by atoms with E-state index in [9.17, 15) is 13.2 Å². The fourth-order valence-corrected chi connectivity index (χ4v) is 0.872. The van der Waals surface area contributed by atoms with Crippen LogP contribution in [-0.2, 0) is 6.18 Å². The summed E-state index contributed by atoms with van der Waals surface area (Å²) in [7, 11) is 0. The Morgan fingerprint density at radius 2 is 1.92 bits per heavy atom. The van der Waals surface area contributed by atoms with Gasteiger partial charge in [0, 0.05) is 0 Å². The second-order valence-corrected chi connectivity index (χ2v) is 2.34. The van der Waals surface area contributed by atoms with Crippen molar-refractivity contribution in [2.24, 2.45) is 0 Å². The molecule has 2 nitrogen and oxygen atoms in total. The lowest BCUT2D eigenvalue weighted by atomic mass is 10.1. The number of nitrogens with zero attached hydrogens (tertiary/aromatic N) is 1. The standard InChI is InChI=1S/C8H4F3NO/c9-8(10,11)7-2-1-6(13)3-5(7)4-12/h1-3,13H. The highest BCUT2D eigenvalue weighted by atomic mass is 19.4. The number of alkyl halides is 3. The molecule has 0 bridgehead atoms. The molecule has 0 radical (unpaired) electrons. The summed E-state index contributed by atoms with van der Waals surface area (Å²) in [6.07, 6.45) is -4.56. The third-order valence-corrected chi connectivity index (χ3v) is 1.43. The van der Waals surface area contributed by atoms with E-state index in [1.54, 1.807) is 0 Å². The van der Waals surface area contributed by atoms with Crippen LogP contribution in [0, 0.1) is 11.3 Å². The summed E-state index contributed by atoms with van der Waals surface area (Å²) in [6.45, 7) is 0. The zero-order chi connectivity index (χ0) is 10.1. The van der Waals surface area contributed by atoms with Crippen molar-refractivity contribution in [3.63, 3.8) is 0 Å². The van der Waals surface area contributed by atoms with Crippen LogP contribution in [0.3, 0.4) is 0 Å². The molecule has 1 N–H and O–H groups in total. The van der Waals surface area contributed by atoms with Gasteiger partial charge in [-0.3, -0.25) is 0 Å². The van der Waals surface area contributed by atoms with E-state index in [4.69, 9.17) is 10.4 Å². The van der Waals surface area contributed by atoms with Crippen LogP contribution in [0.4, 0.5) is 13.2 Å². The molecule has 68 valence electrons. The van der Waals surface area contributed by atoms with Gasteiger partial charge in [-0.05, 0) is 18.2 Å². The third-order valence-electron chi connectivity index (χ3n) is 1.43. The van der Waals surface area contributed by atoms with E-state index in [0.29, 0.717) is 6.07 Å². The van der Waals surface area contributed by atoms with Crippen LogP contribution < -0.4 is 0 Å². The highest BCUT2D eigenvalue weighted by Gasteiger charge is 2.33. The first-order valence-electron chi connectivity index (χ1n) is 3.25. The van der Waals surface area contributed by atoms with E-state index in [1.165, 1.54) is 6.07 Å². The first-order chi connectivity index (χ1) is 5.95. The molecule has 0 aliphatic heterocycles. The Balaban J connectivity index is 3.32. The van der Waals surface area contributed by atoms with Crippen molar-refractivity contribution in [1.29, 1.82) is 5.26 Å². The molecule has 5 heteroatoms. The maximum absolute atomic E-state index is 12.1. The van der Waals surface area contributed by atoms with E-state index in [-0.39, 0.29) is 5.75 Å². The molecule has 0 saturated heterocycles. The largest absolute Gasteiger partial charge is 0.508 e. The molecule has 0 atom stereocenters. The molecule has 1 rings (SSSR count). The Labute approximate surface area is 71.8 Å². The lowest BCUT2D eigenvalue weighted by molar-refractivity contribution is -0.137. The SMILES string of the molecule is N#Cc1cc(O)ccc1C(F)(F)F. The van der Waals surface area contributed by atoms with Crippen LogP contribution >= 0.6 is 0 Å². The molecule has 0 amide bonds. The van der Waals surface area contributed by atoms with Crippen molar-refractivity contribution in [2.75, 3.05) is 0 Å². The summed E-state index contributed by atoms with van der Waals surface area (Å²) in [4.78, 5) is 0. The minimum atomic E-state index is -4.56. The first kappa shape index (κ1) is 9.39. The summed E-state index contributed by atoms with van der Waals surface area (Å²) in [5, 5.41) is 17.2. The summed E-state index contributed by atoms with van der Waals surface area (Å²) in [5.74, 6) is -0.357. The number of aromatic hydroxyl groups is 1. The summed E-state index contributed by atoms with van der Waals surface area (Å²) >= 11 is 0. The predicted octanol–water partition coefficient (Wildman–Crippen LogP) is 2.28. The molecule has 0 spiro atoms. The second kappa shape index (κ2) is 2.98. The van der Waals surface area contributed by atoms with Crippen LogP contribution in [0.25, 0.3) is 0 Å². The molecular formula is C8H4F3NO. The zero-order valence-corrected chi connectivity index (χ0v) is 6.26. The van der Waals surface area contributed by atoms with E-state index >= 15 is 0 Å². The van der Waals surface area contributed by atoms with Gasteiger partial charge in [0.25, 0.3) is 0 Å². The predicted molar refractivity (Wildman–Crippen MR) is 37.8 cm³/mol. The molecular weight excluding hydrogens is 183 g/mol. The van der Waals surface area contributed by atoms with Gasteiger partial charge in [-0.2, -0.15) is 18.4 Å². The van der Waals surface area contributed by atoms with Crippen LogP contribution in [0.1, 0.15) is 11.1 Å². The Hall–Kier alpha value is -1.70. The lowest BCUT2D eigenvalue weighted by Crippen LogP contribution is -2.07. The van der Waals surface area contributed by atoms with Gasteiger partial charge in [0.15, 0.2) is 0 Å². The van der Waals surface area contributed by atoms with Crippen LogP contribution in [0.15, 0.2) is 18.2 Å². The van der Waals surface area contributed by atoms with Gasteiger partial charge >= 0.3 is 6.18 Å². The van der Waals surface area contributed by atoms with Gasteiger partial charge in [0.2, 0.25) is 0 Å². The fraction of sp³-hybridized carbons (Fsp3) is 0.125. The smallest absolute Gasteiger partial charge is 0.417 e. The van der Waals surface area contributed by atoms with E-state index in [2.05, 4.69) is 0 Å². The maximum atomic E-state index is 12.1. The fourth-order valence-electron chi connectivity index (χ4n) is 0.872. The highest BCUT2D eigenvalue weighted by Crippen LogP contribution is 2.32. The number of rotatable bonds is 0. The van der Waals surface area contributed by atoms with Gasteiger partial charge in [-0.15, -0.1) is 0 Å². The maximum Gasteiger partial charge on any atom is 0.417 e. The van der Waals surface area contributed by atoms with Crippen molar-refractivity contribution >= 4 is 0 Å². The lowest BCUT2D eigenvalue weighted by Gasteiger charge is -2.07. The zero-order valence-electron chi connectivity index (χ0n) is 6.26. The van der Waals surface area contributed by atoms with Gasteiger partial charge in [0.05, 0.1) is 17.2 Å². The number of phenolic OH excluding ortho intramolecular Hbond substituents is 1. The second-order valence-electron chi connectivity index (χ2n) is 2.34. The normalized spacial score (nSPS) is 10.9. The van der Waals surface area contributed by atoms with Crippen molar-refractivity contribution in [3.8, 4) is 11.8 Å². The number of phenols is 1. The van der Waals surface area contributed by atoms with Crippen molar-refractivity contribution < 1.29 is 18.3 Å². The topological polar surface area (TPSA) is 44.0 Å². The number of hydrogen-bond donors (Lipinski definition) is 1. The quantitative estimate of drug-likeness (QED) is 0.677. The minimum absolute atomic E-state index is 0.357. The number of halogens is 3. The van der Waals surface area contributed by atoms with E-state index < -0.39 is 17.3 Å². The molecule has 0 aliphatic rings. The average Bonchev–Trinajstić information content (AvgIpc) is 2.01. The molecule has 13 heavy (non-hydrogen) atoms. The molecule has 1 aromatic rings. The number of nitriles is 1. The first-order valence-corrected chi connectivity index (χ1v) is 3.25. The van der Waals surface area contributed by atoms with Gasteiger partial charge in [-0.1, -0.05) is 0 Å². The van der Waals surface area contributed by atoms with Crippen LogP contribution in [-0.4, -0.2) is 5.11 Å². The molecule has 0 unspecified atom stereocenters. The number of hydrogen-bond acceptors (Lipinski definition) is 2. The monoisotopic (exact) mass is 187 g/mol. The highest BCUT2D eigenvalue weighted by molar-refractivity contribution is 5.44. The van der Waals surface area contributed by atoms with Crippen LogP contribution in [0.5, 0.6) is 5.75 Å². The molecule has 0 aromatic heterocycles. The Bertz CT molecular complexity index is 365. The van der Waals surface area contributed by atoms with Gasteiger partial charge in [0.1, 0.15) is 5.75 Å². The Morgan fingerprint density at radius 3 is 2.38 bits per heavy atom. The third kappa shape index (κ3) is 1.90. The van der Waals surface area contributed by atoms with E-state index in [1.807, 2.05) is 0 Å². The van der Waals surface area contributed by atoms with E-state index in [0.717, 1.165) is 12.1 Å². The average molecular weight is 187 g/mol. The number of benzene rings is 1. The molecule has 0 saturated carbocycles. The summed E-state index contributed by atoms with van der Waals surface area (Å²) < 4.78 is 36.4. The van der Waals surface area contributed by atoms with Crippen molar-refractivity contribution in [3.05, 3.63) is 29.3 Å². The molecule has 0 fully saturated rings. The van der Waals surface area contributed by atoms with Crippen molar-refractivity contribution in [1.82, 2.24) is 0 Å². The summed E-state index contributed by atoms with van der Waals surface area (Å²) in [5.41, 5.74) is -1.61. The minimum Gasteiger partial charge on any atom is -0.508 e. The van der Waals surface area contributed by atoms with Crippen molar-refractivity contribution in [2.45, 2.75) is 6.18 Å². The summed E-state index contributed by atoms with van der Waals surface area (Å²) in [6, 6.07) is 3.71. The van der Waals surface area contributed by atoms with Crippen LogP contribution in [0.2, 0.25) is 0 Å². The Morgan fingerprint density at radius 1 is 1.31 bits per heavy atom. The Kier molecular flexibility index (Phi) is 2.15. The molecule has 0 aliphatic carbocycles. The molecule has 0 heterocycles. The van der Waals surface area contributed by atoms with Gasteiger partial charge in [-0.25, -0.2) is 0 Å². The van der Waals surface area contributed by atoms with Gasteiger partial charge < -0.3 is 5.11 Å².